The number of nitrogens with zero attached hydrogens (tertiary/aromatic N) is 4. The van der Waals surface area contributed by atoms with Crippen molar-refractivity contribution in [3.05, 3.63) is 29.7 Å². The lowest BCUT2D eigenvalue weighted by molar-refractivity contribution is 0.0685. The molecule has 0 bridgehead atoms. The molecule has 0 aliphatic carbocycles. The normalized spacial score (nSPS) is 11.7. The van der Waals surface area contributed by atoms with Crippen molar-refractivity contribution in [2.24, 2.45) is 7.05 Å². The number of rotatable bonds is 4. The molecule has 11 heteroatoms. The molecule has 120 valence electrons. The summed E-state index contributed by atoms with van der Waals surface area (Å²) in [6.07, 6.45) is 1.12. The third kappa shape index (κ3) is 2.61. The lowest BCUT2D eigenvalue weighted by Crippen LogP contribution is -2.13. The van der Waals surface area contributed by atoms with Crippen molar-refractivity contribution in [1.29, 1.82) is 0 Å². The molecule has 0 amide bonds. The van der Waals surface area contributed by atoms with E-state index in [1.807, 2.05) is 0 Å². The van der Waals surface area contributed by atoms with E-state index in [0.29, 0.717) is 11.1 Å². The molecule has 0 saturated carbocycles. The van der Waals surface area contributed by atoms with Gasteiger partial charge in [-0.1, -0.05) is 5.16 Å². The Bertz CT molecular complexity index is 1020. The average molecular weight is 337 g/mol. The van der Waals surface area contributed by atoms with E-state index in [1.54, 1.807) is 6.92 Å². The molecule has 3 aromatic rings. The first-order chi connectivity index (χ1) is 10.8. The van der Waals surface area contributed by atoms with Crippen LogP contribution in [0.2, 0.25) is 0 Å². The van der Waals surface area contributed by atoms with E-state index in [1.165, 1.54) is 13.1 Å². The van der Waals surface area contributed by atoms with Gasteiger partial charge in [0.05, 0.1) is 17.3 Å². The van der Waals surface area contributed by atoms with Crippen LogP contribution in [0.15, 0.2) is 27.7 Å². The molecule has 3 rings (SSSR count). The van der Waals surface area contributed by atoms with Crippen molar-refractivity contribution >= 4 is 32.9 Å². The van der Waals surface area contributed by atoms with Gasteiger partial charge in [-0.15, -0.1) is 0 Å². The van der Waals surface area contributed by atoms with Crippen molar-refractivity contribution in [3.8, 4) is 0 Å². The van der Waals surface area contributed by atoms with Crippen LogP contribution in [0, 0.1) is 6.92 Å². The number of carboxylic acids is 1. The van der Waals surface area contributed by atoms with Crippen molar-refractivity contribution in [1.82, 2.24) is 19.9 Å². The molecule has 3 aromatic heterocycles. The Hall–Kier alpha value is -2.95. The minimum absolute atomic E-state index is 0.105. The Morgan fingerprint density at radius 3 is 2.78 bits per heavy atom. The first kappa shape index (κ1) is 15.0. The maximum Gasteiger partial charge on any atom is 0.354 e. The Kier molecular flexibility index (Phi) is 3.29. The SMILES string of the molecule is Cc1noc2ncc(S(=O)(=O)Nc3cc(C(=O)O)n(C)n3)cc12. The van der Waals surface area contributed by atoms with E-state index < -0.39 is 16.0 Å². The molecule has 0 spiro atoms. The quantitative estimate of drug-likeness (QED) is 0.711. The summed E-state index contributed by atoms with van der Waals surface area (Å²) in [6, 6.07) is 2.49. The predicted molar refractivity (Wildman–Crippen MR) is 77.5 cm³/mol. The van der Waals surface area contributed by atoms with E-state index in [-0.39, 0.29) is 22.1 Å². The molecule has 10 nitrogen and oxygen atoms in total. The van der Waals surface area contributed by atoms with Crippen LogP contribution in [0.4, 0.5) is 5.82 Å². The van der Waals surface area contributed by atoms with E-state index in [4.69, 9.17) is 9.63 Å². The van der Waals surface area contributed by atoms with E-state index >= 15 is 0 Å². The third-order valence-electron chi connectivity index (χ3n) is 3.13. The standard InChI is InChI=1S/C12H11N5O5S/c1-6-8-3-7(5-13-11(8)22-15-6)23(20,21)16-10-4-9(12(18)19)17(2)14-10/h3-5H,1-2H3,(H,14,16)(H,18,19). The number of aromatic carboxylic acids is 1. The van der Waals surface area contributed by atoms with Gasteiger partial charge in [0.25, 0.3) is 15.7 Å². The van der Waals surface area contributed by atoms with Gasteiger partial charge < -0.3 is 9.63 Å². The summed E-state index contributed by atoms with van der Waals surface area (Å²) in [7, 11) is -2.58. The zero-order valence-electron chi connectivity index (χ0n) is 12.0. The second-order valence-corrected chi connectivity index (χ2v) is 6.42. The van der Waals surface area contributed by atoms with Crippen LogP contribution in [0.25, 0.3) is 11.1 Å². The fraction of sp³-hybridized carbons (Fsp3) is 0.167. The van der Waals surface area contributed by atoms with Gasteiger partial charge in [-0.05, 0) is 13.0 Å². The topological polar surface area (TPSA) is 140 Å². The number of pyridine rings is 1. The smallest absolute Gasteiger partial charge is 0.354 e. The van der Waals surface area contributed by atoms with Crippen LogP contribution < -0.4 is 4.72 Å². The van der Waals surface area contributed by atoms with Gasteiger partial charge in [-0.3, -0.25) is 9.40 Å². The van der Waals surface area contributed by atoms with Gasteiger partial charge in [-0.2, -0.15) is 5.10 Å². The number of fused-ring (bicyclic) bond motifs is 1. The summed E-state index contributed by atoms with van der Waals surface area (Å²) in [5, 5.41) is 16.9. The zero-order chi connectivity index (χ0) is 16.8. The van der Waals surface area contributed by atoms with Gasteiger partial charge in [-0.25, -0.2) is 18.2 Å². The van der Waals surface area contributed by atoms with Gasteiger partial charge in [0.15, 0.2) is 5.82 Å². The van der Waals surface area contributed by atoms with Crippen molar-refractivity contribution in [2.45, 2.75) is 11.8 Å². The molecule has 3 heterocycles. The molecule has 0 aromatic carbocycles. The van der Waals surface area contributed by atoms with E-state index in [0.717, 1.165) is 16.9 Å². The molecule has 0 atom stereocenters. The van der Waals surface area contributed by atoms with Crippen LogP contribution in [0.5, 0.6) is 0 Å². The monoisotopic (exact) mass is 337 g/mol. The molecular formula is C12H11N5O5S. The average Bonchev–Trinajstić information content (AvgIpc) is 3.02. The minimum Gasteiger partial charge on any atom is -0.477 e. The lowest BCUT2D eigenvalue weighted by Gasteiger charge is -2.04. The number of aryl methyl sites for hydroxylation is 2. The Morgan fingerprint density at radius 2 is 2.13 bits per heavy atom. The summed E-state index contributed by atoms with van der Waals surface area (Å²) in [5.74, 6) is -1.32. The number of aromatic nitrogens is 4. The second-order valence-electron chi connectivity index (χ2n) is 4.74. The number of carboxylic acid groups (broad SMARTS) is 1. The molecular weight excluding hydrogens is 326 g/mol. The van der Waals surface area contributed by atoms with Crippen molar-refractivity contribution in [3.63, 3.8) is 0 Å². The summed E-state index contributed by atoms with van der Waals surface area (Å²) >= 11 is 0. The zero-order valence-corrected chi connectivity index (χ0v) is 12.8. The van der Waals surface area contributed by atoms with E-state index in [2.05, 4.69) is 20.0 Å². The van der Waals surface area contributed by atoms with Crippen LogP contribution in [0.1, 0.15) is 16.2 Å². The predicted octanol–water partition coefficient (Wildman–Crippen LogP) is 0.764. The van der Waals surface area contributed by atoms with Gasteiger partial charge in [0, 0.05) is 13.1 Å². The summed E-state index contributed by atoms with van der Waals surface area (Å²) in [4.78, 5) is 14.7. The number of hydrogen-bond acceptors (Lipinski definition) is 7. The maximum absolute atomic E-state index is 12.4. The fourth-order valence-electron chi connectivity index (χ4n) is 1.99. The maximum atomic E-state index is 12.4. The molecule has 0 radical (unpaired) electrons. The lowest BCUT2D eigenvalue weighted by atomic mass is 10.3. The molecule has 23 heavy (non-hydrogen) atoms. The molecule has 0 saturated heterocycles. The highest BCUT2D eigenvalue weighted by molar-refractivity contribution is 7.92. The minimum atomic E-state index is -3.98. The van der Waals surface area contributed by atoms with Crippen LogP contribution in [-0.4, -0.2) is 39.4 Å². The number of carbonyl (C=O) groups is 1. The van der Waals surface area contributed by atoms with Crippen LogP contribution in [0.3, 0.4) is 0 Å². The summed E-state index contributed by atoms with van der Waals surface area (Å²) < 4.78 is 32.9. The Labute approximate surface area is 129 Å². The highest BCUT2D eigenvalue weighted by Gasteiger charge is 2.20. The van der Waals surface area contributed by atoms with Gasteiger partial charge in [0.1, 0.15) is 10.6 Å². The first-order valence-electron chi connectivity index (χ1n) is 6.30. The van der Waals surface area contributed by atoms with Crippen LogP contribution >= 0.6 is 0 Å². The first-order valence-corrected chi connectivity index (χ1v) is 7.78. The molecule has 0 aliphatic rings. The number of hydrogen-bond donors (Lipinski definition) is 2. The van der Waals surface area contributed by atoms with Gasteiger partial charge >= 0.3 is 5.97 Å². The third-order valence-corrected chi connectivity index (χ3v) is 4.45. The van der Waals surface area contributed by atoms with Crippen molar-refractivity contribution < 1.29 is 22.8 Å². The second kappa shape index (κ2) is 5.05. The van der Waals surface area contributed by atoms with Crippen molar-refractivity contribution in [2.75, 3.05) is 4.72 Å². The number of nitrogens with one attached hydrogen (secondary N) is 1. The molecule has 0 fully saturated rings. The Balaban J connectivity index is 1.98. The fourth-order valence-corrected chi connectivity index (χ4v) is 2.94. The van der Waals surface area contributed by atoms with E-state index in [9.17, 15) is 13.2 Å². The summed E-state index contributed by atoms with van der Waals surface area (Å²) in [5.41, 5.74) is 0.592. The molecule has 0 aliphatic heterocycles. The Morgan fingerprint density at radius 1 is 1.39 bits per heavy atom. The highest BCUT2D eigenvalue weighted by atomic mass is 32.2. The largest absolute Gasteiger partial charge is 0.477 e. The molecule has 0 unspecified atom stereocenters. The summed E-state index contributed by atoms with van der Waals surface area (Å²) in [6.45, 7) is 1.66. The van der Waals surface area contributed by atoms with Gasteiger partial charge in [0.2, 0.25) is 0 Å². The highest BCUT2D eigenvalue weighted by Crippen LogP contribution is 2.21. The number of anilines is 1. The number of sulfonamides is 1. The molecule has 2 N–H and O–H groups in total. The van der Waals surface area contributed by atoms with Crippen LogP contribution in [-0.2, 0) is 17.1 Å².